The molecule has 198 valence electrons. The van der Waals surface area contributed by atoms with Crippen molar-refractivity contribution in [3.05, 3.63) is 83.9 Å². The van der Waals surface area contributed by atoms with Gasteiger partial charge < -0.3 is 9.47 Å². The van der Waals surface area contributed by atoms with Crippen LogP contribution in [0.5, 0.6) is 11.5 Å². The molecule has 10 heteroatoms. The molecular weight excluding hydrogens is 505 g/mol. The molecule has 6 nitrogen and oxygen atoms in total. The maximum atomic E-state index is 13.9. The highest BCUT2D eigenvalue weighted by molar-refractivity contribution is 7.92. The molecule has 0 aromatic heterocycles. The summed E-state index contributed by atoms with van der Waals surface area (Å²) in [5.74, 6) is 0.0208. The molecule has 0 unspecified atom stereocenters. The standard InChI is InChI=1S/C27H29F3N2O4S/c1-20-6-3-4-7-21(20)19-31-16-14-22(15-17-31)32(23-8-5-9-25(18-23)36-27(28,29)30)37(33,34)26-12-10-24(35-2)11-13-26/h3-13,18,22H,14-17,19H2,1-2H3. The van der Waals surface area contributed by atoms with E-state index in [0.29, 0.717) is 31.7 Å². The number of piperidine rings is 1. The summed E-state index contributed by atoms with van der Waals surface area (Å²) in [5, 5.41) is 0. The predicted molar refractivity (Wildman–Crippen MR) is 135 cm³/mol. The second-order valence-electron chi connectivity index (χ2n) is 8.96. The Hall–Kier alpha value is -3.24. The van der Waals surface area contributed by atoms with Gasteiger partial charge in [-0.25, -0.2) is 8.42 Å². The molecule has 1 fully saturated rings. The van der Waals surface area contributed by atoms with Gasteiger partial charge in [0.1, 0.15) is 11.5 Å². The number of aryl methyl sites for hydroxylation is 1. The van der Waals surface area contributed by atoms with Gasteiger partial charge in [-0.15, -0.1) is 13.2 Å². The van der Waals surface area contributed by atoms with E-state index in [4.69, 9.17) is 4.74 Å². The van der Waals surface area contributed by atoms with Gasteiger partial charge >= 0.3 is 6.36 Å². The Morgan fingerprint density at radius 2 is 1.62 bits per heavy atom. The van der Waals surface area contributed by atoms with E-state index in [1.807, 2.05) is 12.1 Å². The van der Waals surface area contributed by atoms with Gasteiger partial charge in [0.05, 0.1) is 17.7 Å². The number of nitrogens with zero attached hydrogens (tertiary/aromatic N) is 2. The summed E-state index contributed by atoms with van der Waals surface area (Å²) < 4.78 is 76.8. The number of hydrogen-bond acceptors (Lipinski definition) is 5. The number of benzene rings is 3. The van der Waals surface area contributed by atoms with Crippen molar-refractivity contribution in [2.75, 3.05) is 24.5 Å². The van der Waals surface area contributed by atoms with E-state index in [0.717, 1.165) is 18.7 Å². The zero-order valence-electron chi connectivity index (χ0n) is 20.6. The summed E-state index contributed by atoms with van der Waals surface area (Å²) in [6.07, 6.45) is -3.85. The van der Waals surface area contributed by atoms with Gasteiger partial charge in [-0.3, -0.25) is 9.21 Å². The van der Waals surface area contributed by atoms with Crippen LogP contribution in [0.15, 0.2) is 77.7 Å². The van der Waals surface area contributed by atoms with Crippen molar-refractivity contribution in [2.24, 2.45) is 0 Å². The lowest BCUT2D eigenvalue weighted by molar-refractivity contribution is -0.274. The quantitative estimate of drug-likeness (QED) is 0.368. The van der Waals surface area contributed by atoms with Crippen LogP contribution in [0.1, 0.15) is 24.0 Å². The summed E-state index contributed by atoms with van der Waals surface area (Å²) >= 11 is 0. The molecule has 4 rings (SSSR count). The molecule has 0 saturated carbocycles. The fraction of sp³-hybridized carbons (Fsp3) is 0.333. The Bertz CT molecular complexity index is 1310. The molecule has 0 atom stereocenters. The normalized spacial score (nSPS) is 15.4. The first kappa shape index (κ1) is 26.8. The minimum Gasteiger partial charge on any atom is -0.497 e. The Balaban J connectivity index is 1.63. The molecule has 1 saturated heterocycles. The van der Waals surface area contributed by atoms with Crippen LogP contribution in [0.3, 0.4) is 0 Å². The zero-order chi connectivity index (χ0) is 26.6. The minimum atomic E-state index is -4.89. The predicted octanol–water partition coefficient (Wildman–Crippen LogP) is 5.76. The van der Waals surface area contributed by atoms with Crippen LogP contribution in [0.25, 0.3) is 0 Å². The maximum Gasteiger partial charge on any atom is 0.573 e. The lowest BCUT2D eigenvalue weighted by Crippen LogP contribution is -2.47. The van der Waals surface area contributed by atoms with Crippen molar-refractivity contribution in [3.8, 4) is 11.5 Å². The molecule has 3 aromatic carbocycles. The third-order valence-electron chi connectivity index (χ3n) is 6.47. The monoisotopic (exact) mass is 534 g/mol. The molecule has 1 heterocycles. The Morgan fingerprint density at radius 3 is 2.24 bits per heavy atom. The number of sulfonamides is 1. The number of methoxy groups -OCH3 is 1. The lowest BCUT2D eigenvalue weighted by Gasteiger charge is -2.39. The number of alkyl halides is 3. The van der Waals surface area contributed by atoms with E-state index < -0.39 is 28.2 Å². The van der Waals surface area contributed by atoms with Crippen LogP contribution >= 0.6 is 0 Å². The molecule has 0 N–H and O–H groups in total. The first-order valence-corrected chi connectivity index (χ1v) is 13.3. The highest BCUT2D eigenvalue weighted by Crippen LogP contribution is 2.34. The first-order chi connectivity index (χ1) is 17.6. The van der Waals surface area contributed by atoms with Gasteiger partial charge in [0.25, 0.3) is 10.0 Å². The van der Waals surface area contributed by atoms with E-state index >= 15 is 0 Å². The molecule has 0 radical (unpaired) electrons. The van der Waals surface area contributed by atoms with Gasteiger partial charge in [0.2, 0.25) is 0 Å². The molecule has 3 aromatic rings. The summed E-state index contributed by atoms with van der Waals surface area (Å²) in [5.41, 5.74) is 2.52. The highest BCUT2D eigenvalue weighted by atomic mass is 32.2. The van der Waals surface area contributed by atoms with Gasteiger partial charge in [0.15, 0.2) is 0 Å². The largest absolute Gasteiger partial charge is 0.573 e. The number of likely N-dealkylation sites (tertiary alicyclic amines) is 1. The smallest absolute Gasteiger partial charge is 0.497 e. The average molecular weight is 535 g/mol. The van der Waals surface area contributed by atoms with Gasteiger partial charge in [0, 0.05) is 31.7 Å². The molecule has 0 spiro atoms. The van der Waals surface area contributed by atoms with Crippen molar-refractivity contribution >= 4 is 15.7 Å². The summed E-state index contributed by atoms with van der Waals surface area (Å²) in [7, 11) is -2.62. The van der Waals surface area contributed by atoms with Crippen LogP contribution in [0.4, 0.5) is 18.9 Å². The fourth-order valence-corrected chi connectivity index (χ4v) is 6.27. The second kappa shape index (κ2) is 11.0. The molecule has 37 heavy (non-hydrogen) atoms. The number of anilines is 1. The van der Waals surface area contributed by atoms with Crippen molar-refractivity contribution in [2.45, 2.75) is 43.6 Å². The summed E-state index contributed by atoms with van der Waals surface area (Å²) in [4.78, 5) is 2.29. The van der Waals surface area contributed by atoms with Crippen LogP contribution in [-0.4, -0.2) is 45.9 Å². The van der Waals surface area contributed by atoms with Crippen LogP contribution in [-0.2, 0) is 16.6 Å². The van der Waals surface area contributed by atoms with Crippen LogP contribution in [0, 0.1) is 6.92 Å². The van der Waals surface area contributed by atoms with Crippen molar-refractivity contribution in [1.29, 1.82) is 0 Å². The van der Waals surface area contributed by atoms with Crippen LogP contribution < -0.4 is 13.8 Å². The SMILES string of the molecule is COc1ccc(S(=O)(=O)N(c2cccc(OC(F)(F)F)c2)C2CCN(Cc3ccccc3C)CC2)cc1. The van der Waals surface area contributed by atoms with E-state index in [-0.39, 0.29) is 10.6 Å². The third-order valence-corrected chi connectivity index (χ3v) is 8.36. The van der Waals surface area contributed by atoms with Crippen molar-refractivity contribution < 1.29 is 31.1 Å². The average Bonchev–Trinajstić information content (AvgIpc) is 2.86. The number of halogens is 3. The number of ether oxygens (including phenoxy) is 2. The third kappa shape index (κ3) is 6.56. The Kier molecular flexibility index (Phi) is 7.99. The molecule has 0 amide bonds. The van der Waals surface area contributed by atoms with Crippen LogP contribution in [0.2, 0.25) is 0 Å². The molecule has 1 aliphatic heterocycles. The van der Waals surface area contributed by atoms with Crippen molar-refractivity contribution in [3.63, 3.8) is 0 Å². The molecular formula is C27H29F3N2O4S. The number of hydrogen-bond donors (Lipinski definition) is 0. The zero-order valence-corrected chi connectivity index (χ0v) is 21.4. The topological polar surface area (TPSA) is 59.1 Å². The van der Waals surface area contributed by atoms with Gasteiger partial charge in [-0.1, -0.05) is 30.3 Å². The minimum absolute atomic E-state index is 0.0257. The molecule has 0 bridgehead atoms. The second-order valence-corrected chi connectivity index (χ2v) is 10.8. The highest BCUT2D eigenvalue weighted by Gasteiger charge is 2.36. The lowest BCUT2D eigenvalue weighted by atomic mass is 10.0. The first-order valence-electron chi connectivity index (χ1n) is 11.9. The van der Waals surface area contributed by atoms with E-state index in [9.17, 15) is 21.6 Å². The van der Waals surface area contributed by atoms with E-state index in [2.05, 4.69) is 28.7 Å². The van der Waals surface area contributed by atoms with E-state index in [1.165, 1.54) is 46.8 Å². The van der Waals surface area contributed by atoms with Crippen molar-refractivity contribution in [1.82, 2.24) is 4.90 Å². The van der Waals surface area contributed by atoms with Gasteiger partial charge in [-0.05, 0) is 67.3 Å². The van der Waals surface area contributed by atoms with Gasteiger partial charge in [-0.2, -0.15) is 0 Å². The Morgan fingerprint density at radius 1 is 0.946 bits per heavy atom. The summed E-state index contributed by atoms with van der Waals surface area (Å²) in [6.45, 7) is 4.10. The fourth-order valence-electron chi connectivity index (χ4n) is 4.57. The van der Waals surface area contributed by atoms with E-state index in [1.54, 1.807) is 12.1 Å². The summed E-state index contributed by atoms with van der Waals surface area (Å²) in [6, 6.07) is 18.8. The Labute approximate surface area is 215 Å². The molecule has 1 aliphatic rings. The maximum absolute atomic E-state index is 13.9. The number of rotatable bonds is 8. The molecule has 0 aliphatic carbocycles.